The van der Waals surface area contributed by atoms with E-state index in [9.17, 15) is 34.5 Å². The van der Waals surface area contributed by atoms with Gasteiger partial charge in [-0.25, -0.2) is 4.79 Å². The van der Waals surface area contributed by atoms with Gasteiger partial charge in [0.25, 0.3) is 0 Å². The predicted octanol–water partition coefficient (Wildman–Crippen LogP) is -0.444. The van der Waals surface area contributed by atoms with E-state index in [4.69, 9.17) is 17.2 Å². The van der Waals surface area contributed by atoms with Crippen LogP contribution in [0.5, 0.6) is 11.5 Å². The summed E-state index contributed by atoms with van der Waals surface area (Å²) in [5, 5.41) is 36.8. The molecule has 44 heavy (non-hydrogen) atoms. The van der Waals surface area contributed by atoms with Crippen LogP contribution in [0.1, 0.15) is 30.4 Å². The van der Waals surface area contributed by atoms with E-state index in [0.29, 0.717) is 23.3 Å². The molecule has 4 unspecified atom stereocenters. The minimum absolute atomic E-state index is 0.00751. The Labute approximate surface area is 259 Å². The number of rotatable bonds is 18. The third-order valence-electron chi connectivity index (χ3n) is 6.55. The molecule has 0 saturated heterocycles. The van der Waals surface area contributed by atoms with E-state index >= 15 is 0 Å². The number of thioether (sulfide) groups is 1. The number of nitrogens with zero attached hydrogens (tertiary/aromatic N) is 1. The summed E-state index contributed by atoms with van der Waals surface area (Å²) in [6.07, 6.45) is 2.69. The van der Waals surface area contributed by atoms with Crippen molar-refractivity contribution in [3.05, 3.63) is 59.7 Å². The highest BCUT2D eigenvalue weighted by Gasteiger charge is 2.30. The van der Waals surface area contributed by atoms with E-state index < -0.39 is 47.9 Å². The first kappa shape index (κ1) is 35.7. The summed E-state index contributed by atoms with van der Waals surface area (Å²) >= 11 is 1.46. The van der Waals surface area contributed by atoms with Crippen molar-refractivity contribution >= 4 is 41.4 Å². The summed E-state index contributed by atoms with van der Waals surface area (Å²) in [6, 6.07) is 7.36. The van der Waals surface area contributed by atoms with Gasteiger partial charge in [-0.15, -0.1) is 0 Å². The maximum atomic E-state index is 13.5. The number of guanidine groups is 1. The monoisotopic (exact) mass is 631 g/mol. The maximum absolute atomic E-state index is 13.5. The first-order chi connectivity index (χ1) is 20.9. The van der Waals surface area contributed by atoms with Crippen LogP contribution in [0.25, 0.3) is 0 Å². The van der Waals surface area contributed by atoms with Crippen LogP contribution in [0.15, 0.2) is 53.5 Å². The SMILES string of the molecule is CSCCC(NC(=O)C(N)CCCN=C(N)N)C(=O)NC(Cc1ccc(O)cc1)C(=O)NC(Cc1ccc(O)cc1)C(=O)O. The number of carbonyl (C=O) groups is 4. The molecule has 0 saturated carbocycles. The van der Waals surface area contributed by atoms with Crippen LogP contribution >= 0.6 is 11.8 Å². The normalized spacial score (nSPS) is 13.5. The van der Waals surface area contributed by atoms with Crippen LogP contribution in [-0.2, 0) is 32.0 Å². The first-order valence-electron chi connectivity index (χ1n) is 13.9. The number of phenols is 2. The van der Waals surface area contributed by atoms with E-state index in [1.54, 1.807) is 12.1 Å². The maximum Gasteiger partial charge on any atom is 0.326 e. The van der Waals surface area contributed by atoms with Gasteiger partial charge in [-0.1, -0.05) is 24.3 Å². The van der Waals surface area contributed by atoms with Crippen molar-refractivity contribution in [1.82, 2.24) is 16.0 Å². The molecule has 240 valence electrons. The average Bonchev–Trinajstić information content (AvgIpc) is 2.98. The third kappa shape index (κ3) is 12.8. The molecule has 2 aromatic rings. The third-order valence-corrected chi connectivity index (χ3v) is 7.19. The molecule has 0 spiro atoms. The molecule has 0 aromatic heterocycles. The first-order valence-corrected chi connectivity index (χ1v) is 15.3. The molecule has 4 atom stereocenters. The molecule has 12 N–H and O–H groups in total. The lowest BCUT2D eigenvalue weighted by Gasteiger charge is -2.25. The highest BCUT2D eigenvalue weighted by molar-refractivity contribution is 7.98. The Morgan fingerprint density at radius 3 is 1.75 bits per heavy atom. The largest absolute Gasteiger partial charge is 0.508 e. The summed E-state index contributed by atoms with van der Waals surface area (Å²) in [5.41, 5.74) is 17.8. The van der Waals surface area contributed by atoms with Crippen LogP contribution in [0, 0.1) is 0 Å². The van der Waals surface area contributed by atoms with Gasteiger partial charge in [0.2, 0.25) is 17.7 Å². The van der Waals surface area contributed by atoms with Crippen molar-refractivity contribution in [2.24, 2.45) is 22.2 Å². The van der Waals surface area contributed by atoms with Crippen molar-refractivity contribution in [2.75, 3.05) is 18.6 Å². The zero-order chi connectivity index (χ0) is 32.6. The van der Waals surface area contributed by atoms with E-state index in [0.717, 1.165) is 0 Å². The molecule has 0 aliphatic heterocycles. The molecule has 0 radical (unpaired) electrons. The van der Waals surface area contributed by atoms with Crippen LogP contribution < -0.4 is 33.2 Å². The highest BCUT2D eigenvalue weighted by Crippen LogP contribution is 2.14. The molecule has 0 aliphatic carbocycles. The molecular weight excluding hydrogens is 590 g/mol. The molecule has 3 amide bonds. The van der Waals surface area contributed by atoms with Gasteiger partial charge in [-0.3, -0.25) is 19.4 Å². The number of aliphatic imine (C=N–C) groups is 1. The zero-order valence-corrected chi connectivity index (χ0v) is 25.3. The van der Waals surface area contributed by atoms with Crippen molar-refractivity contribution in [3.63, 3.8) is 0 Å². The Balaban J connectivity index is 2.21. The van der Waals surface area contributed by atoms with Gasteiger partial charge in [0.05, 0.1) is 6.04 Å². The number of carbonyl (C=O) groups excluding carboxylic acids is 3. The van der Waals surface area contributed by atoms with Crippen molar-refractivity contribution in [3.8, 4) is 11.5 Å². The lowest BCUT2D eigenvalue weighted by molar-refractivity contribution is -0.142. The number of carboxylic acid groups (broad SMARTS) is 1. The smallest absolute Gasteiger partial charge is 0.326 e. The summed E-state index contributed by atoms with van der Waals surface area (Å²) < 4.78 is 0. The number of aliphatic carboxylic acids is 1. The lowest BCUT2D eigenvalue weighted by atomic mass is 10.0. The van der Waals surface area contributed by atoms with Gasteiger partial charge >= 0.3 is 5.97 Å². The number of nitrogens with two attached hydrogens (primary N) is 3. The van der Waals surface area contributed by atoms with Crippen LogP contribution in [0.2, 0.25) is 0 Å². The minimum Gasteiger partial charge on any atom is -0.508 e. The number of aromatic hydroxyl groups is 2. The van der Waals surface area contributed by atoms with Crippen LogP contribution in [0.3, 0.4) is 0 Å². The Morgan fingerprint density at radius 2 is 1.25 bits per heavy atom. The second-order valence-electron chi connectivity index (χ2n) is 10.1. The van der Waals surface area contributed by atoms with E-state index in [2.05, 4.69) is 20.9 Å². The number of nitrogens with one attached hydrogen (secondary N) is 3. The molecular formula is C29H41N7O7S. The van der Waals surface area contributed by atoms with E-state index in [1.165, 1.54) is 48.2 Å². The van der Waals surface area contributed by atoms with Gasteiger partial charge in [0.1, 0.15) is 29.6 Å². The molecule has 15 heteroatoms. The van der Waals surface area contributed by atoms with Crippen molar-refractivity contribution < 1.29 is 34.5 Å². The summed E-state index contributed by atoms with van der Waals surface area (Å²) in [7, 11) is 0. The van der Waals surface area contributed by atoms with Crippen molar-refractivity contribution in [2.45, 2.75) is 56.3 Å². The fourth-order valence-electron chi connectivity index (χ4n) is 4.12. The Kier molecular flexibility index (Phi) is 14.8. The summed E-state index contributed by atoms with van der Waals surface area (Å²) in [5.74, 6) is -2.80. The average molecular weight is 632 g/mol. The number of hydrogen-bond donors (Lipinski definition) is 9. The van der Waals surface area contributed by atoms with Gasteiger partial charge < -0.3 is 48.5 Å². The zero-order valence-electron chi connectivity index (χ0n) is 24.4. The topological polar surface area (TPSA) is 255 Å². The molecule has 0 fully saturated rings. The van der Waals surface area contributed by atoms with Gasteiger partial charge in [-0.05, 0) is 66.7 Å². The molecule has 0 aliphatic rings. The fraction of sp³-hybridized carbons (Fsp3) is 0.414. The summed E-state index contributed by atoms with van der Waals surface area (Å²) in [4.78, 5) is 55.6. The number of benzene rings is 2. The van der Waals surface area contributed by atoms with E-state index in [-0.39, 0.29) is 49.7 Å². The van der Waals surface area contributed by atoms with E-state index in [1.807, 2.05) is 6.26 Å². The van der Waals surface area contributed by atoms with Gasteiger partial charge in [-0.2, -0.15) is 11.8 Å². The predicted molar refractivity (Wildman–Crippen MR) is 168 cm³/mol. The van der Waals surface area contributed by atoms with Crippen molar-refractivity contribution in [1.29, 1.82) is 0 Å². The highest BCUT2D eigenvalue weighted by atomic mass is 32.2. The second-order valence-corrected chi connectivity index (χ2v) is 11.1. The number of carboxylic acids is 1. The second kappa shape index (κ2) is 18.2. The van der Waals surface area contributed by atoms with Crippen LogP contribution in [-0.4, -0.2) is 87.7 Å². The minimum atomic E-state index is -1.34. The molecule has 14 nitrogen and oxygen atoms in total. The number of phenolic OH excluding ortho intramolecular Hbond substituents is 2. The Bertz CT molecular complexity index is 1270. The van der Waals surface area contributed by atoms with Gasteiger partial charge in [0.15, 0.2) is 5.96 Å². The molecule has 2 aromatic carbocycles. The van der Waals surface area contributed by atoms with Gasteiger partial charge in [0, 0.05) is 19.4 Å². The standard InChI is InChI=1S/C29H41N7O7S/c1-44-14-12-22(34-25(39)21(30)3-2-13-33-29(31)32)26(40)35-23(15-17-4-8-19(37)9-5-17)27(41)36-24(28(42)43)16-18-6-10-20(38)11-7-18/h4-11,21-24,37-38H,2-3,12-16,30H2,1H3,(H,34,39)(H,35,40)(H,36,41)(H,42,43)(H4,31,32,33). The number of amides is 3. The number of hydrogen-bond acceptors (Lipinski definition) is 9. The quantitative estimate of drug-likeness (QED) is 0.0579. The Hall–Kier alpha value is -4.50. The van der Waals surface area contributed by atoms with Crippen LogP contribution in [0.4, 0.5) is 0 Å². The molecule has 0 heterocycles. The molecule has 2 rings (SSSR count). The summed E-state index contributed by atoms with van der Waals surface area (Å²) in [6.45, 7) is 0.290. The Morgan fingerprint density at radius 1 is 0.773 bits per heavy atom. The lowest BCUT2D eigenvalue weighted by Crippen LogP contribution is -2.58. The molecule has 0 bridgehead atoms. The fourth-order valence-corrected chi connectivity index (χ4v) is 4.59.